The molecule has 4 aromatic rings. The van der Waals surface area contributed by atoms with Crippen LogP contribution in [0, 0.1) is 6.92 Å². The lowest BCUT2D eigenvalue weighted by Crippen LogP contribution is -2.19. The summed E-state index contributed by atoms with van der Waals surface area (Å²) in [5.74, 6) is 0.718. The quantitative estimate of drug-likeness (QED) is 0.535. The maximum absolute atomic E-state index is 12.6. The zero-order chi connectivity index (χ0) is 18.4. The van der Waals surface area contributed by atoms with E-state index in [9.17, 15) is 4.79 Å². The van der Waals surface area contributed by atoms with E-state index in [1.807, 2.05) is 54.0 Å². The van der Waals surface area contributed by atoms with Crippen LogP contribution in [0.3, 0.4) is 0 Å². The standard InChI is InChI=1S/C21H19N3O3.ClH/c1-13-5-7-24-12-18(23-20(24)8-13)17-9-14-2-3-15(10-19(14)27-21(17)25)26-16-4-6-22-11-16;/h2-3,5,7-10,12,16,22H,4,6,11H2,1H3;1H/t16-;/m1./s1. The Bertz CT molecular complexity index is 1210. The van der Waals surface area contributed by atoms with Crippen molar-refractivity contribution < 1.29 is 9.15 Å². The Kier molecular flexibility index (Phi) is 4.83. The summed E-state index contributed by atoms with van der Waals surface area (Å²) in [7, 11) is 0. The Morgan fingerprint density at radius 2 is 2.14 bits per heavy atom. The van der Waals surface area contributed by atoms with Crippen LogP contribution in [-0.2, 0) is 0 Å². The second-order valence-electron chi connectivity index (χ2n) is 6.98. The average Bonchev–Trinajstić information content (AvgIpc) is 3.30. The highest BCUT2D eigenvalue weighted by Crippen LogP contribution is 2.25. The fourth-order valence-corrected chi connectivity index (χ4v) is 3.48. The van der Waals surface area contributed by atoms with Gasteiger partial charge in [-0.3, -0.25) is 0 Å². The molecular formula is C21H20ClN3O3. The molecule has 1 atom stereocenters. The first kappa shape index (κ1) is 18.5. The van der Waals surface area contributed by atoms with E-state index < -0.39 is 5.63 Å². The highest BCUT2D eigenvalue weighted by atomic mass is 35.5. The molecule has 1 N–H and O–H groups in total. The van der Waals surface area contributed by atoms with Crippen LogP contribution in [0.4, 0.5) is 0 Å². The van der Waals surface area contributed by atoms with Gasteiger partial charge >= 0.3 is 5.63 Å². The maximum Gasteiger partial charge on any atom is 0.345 e. The van der Waals surface area contributed by atoms with Crippen LogP contribution in [0.25, 0.3) is 27.9 Å². The molecule has 144 valence electrons. The number of hydrogen-bond acceptors (Lipinski definition) is 5. The van der Waals surface area contributed by atoms with Gasteiger partial charge in [-0.15, -0.1) is 12.4 Å². The summed E-state index contributed by atoms with van der Waals surface area (Å²) in [5, 5.41) is 4.11. The van der Waals surface area contributed by atoms with Crippen molar-refractivity contribution in [3.8, 4) is 17.0 Å². The van der Waals surface area contributed by atoms with Gasteiger partial charge in [0.05, 0.1) is 11.3 Å². The lowest BCUT2D eigenvalue weighted by molar-refractivity contribution is 0.223. The number of halogens is 1. The summed E-state index contributed by atoms with van der Waals surface area (Å²) in [5.41, 5.74) is 3.11. The van der Waals surface area contributed by atoms with Gasteiger partial charge in [0.2, 0.25) is 0 Å². The first-order valence-corrected chi connectivity index (χ1v) is 9.07. The fourth-order valence-electron chi connectivity index (χ4n) is 3.48. The number of aromatic nitrogens is 2. The molecular weight excluding hydrogens is 378 g/mol. The van der Waals surface area contributed by atoms with Crippen molar-refractivity contribution in [2.24, 2.45) is 0 Å². The Morgan fingerprint density at radius 1 is 1.25 bits per heavy atom. The lowest BCUT2D eigenvalue weighted by atomic mass is 10.1. The number of nitrogens with zero attached hydrogens (tertiary/aromatic N) is 2. The molecule has 7 heteroatoms. The van der Waals surface area contributed by atoms with Crippen LogP contribution in [0.2, 0.25) is 0 Å². The molecule has 1 fully saturated rings. The Morgan fingerprint density at radius 3 is 2.96 bits per heavy atom. The van der Waals surface area contributed by atoms with E-state index >= 15 is 0 Å². The van der Waals surface area contributed by atoms with Crippen LogP contribution in [-0.4, -0.2) is 28.6 Å². The Balaban J connectivity index is 0.00000192. The number of nitrogens with one attached hydrogen (secondary N) is 1. The van der Waals surface area contributed by atoms with Gasteiger partial charge in [-0.2, -0.15) is 0 Å². The van der Waals surface area contributed by atoms with Gasteiger partial charge in [0.15, 0.2) is 0 Å². The van der Waals surface area contributed by atoms with Crippen molar-refractivity contribution >= 4 is 29.0 Å². The minimum atomic E-state index is -0.401. The molecule has 0 saturated carbocycles. The molecule has 0 spiro atoms. The number of pyridine rings is 1. The SMILES string of the molecule is Cc1ccn2cc(-c3cc4ccc(O[C@@H]5CCNC5)cc4oc3=O)nc2c1.Cl. The molecule has 4 heterocycles. The van der Waals surface area contributed by atoms with E-state index in [1.165, 1.54) is 0 Å². The number of benzene rings is 1. The van der Waals surface area contributed by atoms with Crippen molar-refractivity contribution in [1.29, 1.82) is 0 Å². The largest absolute Gasteiger partial charge is 0.489 e. The van der Waals surface area contributed by atoms with Crippen LogP contribution in [0.5, 0.6) is 5.75 Å². The van der Waals surface area contributed by atoms with Gasteiger partial charge in [-0.05, 0) is 55.8 Å². The third-order valence-electron chi connectivity index (χ3n) is 4.92. The highest BCUT2D eigenvalue weighted by Gasteiger charge is 2.17. The normalized spacial score (nSPS) is 16.4. The molecule has 1 aromatic carbocycles. The van der Waals surface area contributed by atoms with Crippen LogP contribution >= 0.6 is 12.4 Å². The number of aryl methyl sites for hydroxylation is 1. The van der Waals surface area contributed by atoms with Crippen molar-refractivity contribution in [1.82, 2.24) is 14.7 Å². The maximum atomic E-state index is 12.6. The molecule has 0 bridgehead atoms. The Hall–Kier alpha value is -2.83. The molecule has 0 aliphatic carbocycles. The van der Waals surface area contributed by atoms with E-state index in [0.29, 0.717) is 16.8 Å². The first-order valence-electron chi connectivity index (χ1n) is 9.07. The minimum absolute atomic E-state index is 0. The molecule has 0 amide bonds. The number of imidazole rings is 1. The molecule has 1 saturated heterocycles. The predicted molar refractivity (Wildman–Crippen MR) is 111 cm³/mol. The summed E-state index contributed by atoms with van der Waals surface area (Å²) >= 11 is 0. The van der Waals surface area contributed by atoms with Crippen LogP contribution in [0.15, 0.2) is 58.0 Å². The fraction of sp³-hybridized carbons (Fsp3) is 0.238. The number of fused-ring (bicyclic) bond motifs is 2. The highest BCUT2D eigenvalue weighted by molar-refractivity contribution is 5.85. The molecule has 3 aromatic heterocycles. The topological polar surface area (TPSA) is 68.8 Å². The summed E-state index contributed by atoms with van der Waals surface area (Å²) in [4.78, 5) is 17.1. The zero-order valence-corrected chi connectivity index (χ0v) is 16.2. The van der Waals surface area contributed by atoms with Crippen molar-refractivity contribution in [3.05, 3.63) is 64.8 Å². The third-order valence-corrected chi connectivity index (χ3v) is 4.92. The van der Waals surface area contributed by atoms with E-state index in [1.54, 1.807) is 6.07 Å². The molecule has 1 aliphatic heterocycles. The number of ether oxygens (including phenoxy) is 1. The van der Waals surface area contributed by atoms with Crippen molar-refractivity contribution in [2.45, 2.75) is 19.4 Å². The Labute approximate surface area is 167 Å². The van der Waals surface area contributed by atoms with Gasteiger partial charge in [0.1, 0.15) is 23.1 Å². The molecule has 0 radical (unpaired) electrons. The molecule has 5 rings (SSSR count). The monoisotopic (exact) mass is 397 g/mol. The van der Waals surface area contributed by atoms with E-state index in [0.717, 1.165) is 41.9 Å². The molecule has 0 unspecified atom stereocenters. The minimum Gasteiger partial charge on any atom is -0.489 e. The van der Waals surface area contributed by atoms with Crippen molar-refractivity contribution in [2.75, 3.05) is 13.1 Å². The van der Waals surface area contributed by atoms with Crippen LogP contribution < -0.4 is 15.7 Å². The van der Waals surface area contributed by atoms with Gasteiger partial charge < -0.3 is 18.9 Å². The first-order chi connectivity index (χ1) is 13.2. The van der Waals surface area contributed by atoms with Gasteiger partial charge in [-0.25, -0.2) is 9.78 Å². The van der Waals surface area contributed by atoms with Gasteiger partial charge in [-0.1, -0.05) is 0 Å². The summed E-state index contributed by atoms with van der Waals surface area (Å²) in [6, 6.07) is 11.4. The third kappa shape index (κ3) is 3.37. The second-order valence-corrected chi connectivity index (χ2v) is 6.98. The summed E-state index contributed by atoms with van der Waals surface area (Å²) in [6.45, 7) is 3.82. The predicted octanol–water partition coefficient (Wildman–Crippen LogP) is 3.58. The average molecular weight is 398 g/mol. The van der Waals surface area contributed by atoms with E-state index in [2.05, 4.69) is 10.3 Å². The van der Waals surface area contributed by atoms with Gasteiger partial charge in [0, 0.05) is 30.4 Å². The lowest BCUT2D eigenvalue weighted by Gasteiger charge is -2.12. The number of hydrogen-bond donors (Lipinski definition) is 1. The molecule has 6 nitrogen and oxygen atoms in total. The molecule has 1 aliphatic rings. The number of rotatable bonds is 3. The second kappa shape index (κ2) is 7.30. The zero-order valence-electron chi connectivity index (χ0n) is 15.3. The van der Waals surface area contributed by atoms with E-state index in [-0.39, 0.29) is 18.5 Å². The smallest absolute Gasteiger partial charge is 0.345 e. The van der Waals surface area contributed by atoms with Gasteiger partial charge in [0.25, 0.3) is 0 Å². The summed E-state index contributed by atoms with van der Waals surface area (Å²) in [6.07, 6.45) is 4.92. The van der Waals surface area contributed by atoms with Crippen molar-refractivity contribution in [3.63, 3.8) is 0 Å². The van der Waals surface area contributed by atoms with Crippen LogP contribution in [0.1, 0.15) is 12.0 Å². The van der Waals surface area contributed by atoms with E-state index in [4.69, 9.17) is 9.15 Å². The molecule has 28 heavy (non-hydrogen) atoms. The summed E-state index contributed by atoms with van der Waals surface area (Å²) < 4.78 is 13.4.